The molecule has 1 aromatic carbocycles. The summed E-state index contributed by atoms with van der Waals surface area (Å²) in [5.41, 5.74) is 0.833. The molecule has 0 aromatic heterocycles. The van der Waals surface area contributed by atoms with Gasteiger partial charge in [-0.1, -0.05) is 53.4 Å². The minimum Gasteiger partial charge on any atom is -0.294 e. The number of carbonyl (C=O) groups is 1. The number of carbonyl (C=O) groups excluding carboxylic acids is 1. The lowest BCUT2D eigenvalue weighted by Crippen LogP contribution is -2.16. The molecule has 0 atom stereocenters. The number of halogens is 1. The zero-order chi connectivity index (χ0) is 9.97. The Morgan fingerprint density at radius 1 is 1.36 bits per heavy atom. The molecule has 0 unspecified atom stereocenters. The molecular formula is C12H13BrO. The smallest absolute Gasteiger partial charge is 0.164 e. The van der Waals surface area contributed by atoms with Crippen molar-refractivity contribution in [2.45, 2.75) is 25.7 Å². The van der Waals surface area contributed by atoms with Gasteiger partial charge in [0, 0.05) is 16.5 Å². The van der Waals surface area contributed by atoms with Gasteiger partial charge in [0.15, 0.2) is 5.78 Å². The average Bonchev–Trinajstić information content (AvgIpc) is 2.12. The van der Waals surface area contributed by atoms with E-state index in [0.717, 1.165) is 16.5 Å². The highest BCUT2D eigenvalue weighted by Crippen LogP contribution is 2.31. The van der Waals surface area contributed by atoms with Crippen LogP contribution in [0.15, 0.2) is 28.7 Å². The van der Waals surface area contributed by atoms with Crippen LogP contribution in [0.3, 0.4) is 0 Å². The molecule has 0 heterocycles. The first-order valence-electron chi connectivity index (χ1n) is 5.05. The van der Waals surface area contributed by atoms with Crippen LogP contribution in [0.25, 0.3) is 0 Å². The quantitative estimate of drug-likeness (QED) is 0.748. The second-order valence-corrected chi connectivity index (χ2v) is 4.76. The summed E-state index contributed by atoms with van der Waals surface area (Å²) >= 11 is 3.41. The van der Waals surface area contributed by atoms with Crippen LogP contribution in [-0.2, 0) is 0 Å². The first-order chi connectivity index (χ1) is 6.77. The minimum absolute atomic E-state index is 0.280. The lowest BCUT2D eigenvalue weighted by Gasteiger charge is -2.24. The number of ketones is 1. The molecule has 1 nitrogen and oxygen atoms in total. The average molecular weight is 253 g/mol. The van der Waals surface area contributed by atoms with Crippen LogP contribution in [0.5, 0.6) is 0 Å². The SMILES string of the molecule is O=C(CC1CCC1)c1ccccc1Br. The van der Waals surface area contributed by atoms with Gasteiger partial charge in [0.1, 0.15) is 0 Å². The zero-order valence-electron chi connectivity index (χ0n) is 8.00. The number of rotatable bonds is 3. The Bertz CT molecular complexity index is 342. The molecule has 1 fully saturated rings. The molecule has 0 radical (unpaired) electrons. The Balaban J connectivity index is 2.06. The molecule has 74 valence electrons. The number of hydrogen-bond acceptors (Lipinski definition) is 1. The van der Waals surface area contributed by atoms with Gasteiger partial charge in [0.2, 0.25) is 0 Å². The van der Waals surface area contributed by atoms with Crippen molar-refractivity contribution >= 4 is 21.7 Å². The maximum atomic E-state index is 11.8. The van der Waals surface area contributed by atoms with Crippen LogP contribution in [0.1, 0.15) is 36.0 Å². The molecule has 1 saturated carbocycles. The highest BCUT2D eigenvalue weighted by atomic mass is 79.9. The van der Waals surface area contributed by atoms with E-state index in [0.29, 0.717) is 5.92 Å². The summed E-state index contributed by atoms with van der Waals surface area (Å²) in [6.07, 6.45) is 4.49. The topological polar surface area (TPSA) is 17.1 Å². The highest BCUT2D eigenvalue weighted by molar-refractivity contribution is 9.10. The molecule has 2 rings (SSSR count). The van der Waals surface area contributed by atoms with E-state index in [9.17, 15) is 4.79 Å². The Hall–Kier alpha value is -0.630. The molecule has 1 aromatic rings. The van der Waals surface area contributed by atoms with Gasteiger partial charge in [-0.15, -0.1) is 0 Å². The summed E-state index contributed by atoms with van der Waals surface area (Å²) < 4.78 is 0.921. The van der Waals surface area contributed by atoms with Crippen molar-refractivity contribution in [3.63, 3.8) is 0 Å². The highest BCUT2D eigenvalue weighted by Gasteiger charge is 2.21. The molecule has 0 spiro atoms. The molecular weight excluding hydrogens is 240 g/mol. The van der Waals surface area contributed by atoms with Gasteiger partial charge in [0.05, 0.1) is 0 Å². The Kier molecular flexibility index (Phi) is 3.02. The standard InChI is InChI=1S/C12H13BrO/c13-11-7-2-1-6-10(11)12(14)8-9-4-3-5-9/h1-2,6-7,9H,3-5,8H2. The fourth-order valence-electron chi connectivity index (χ4n) is 1.76. The van der Waals surface area contributed by atoms with E-state index in [1.54, 1.807) is 0 Å². The Labute approximate surface area is 92.6 Å². The van der Waals surface area contributed by atoms with Crippen molar-refractivity contribution in [2.24, 2.45) is 5.92 Å². The van der Waals surface area contributed by atoms with Crippen LogP contribution in [0.4, 0.5) is 0 Å². The van der Waals surface area contributed by atoms with E-state index in [1.807, 2.05) is 24.3 Å². The molecule has 0 bridgehead atoms. The van der Waals surface area contributed by atoms with E-state index in [1.165, 1.54) is 19.3 Å². The van der Waals surface area contributed by atoms with Gasteiger partial charge in [-0.25, -0.2) is 0 Å². The van der Waals surface area contributed by atoms with E-state index < -0.39 is 0 Å². The lowest BCUT2D eigenvalue weighted by atomic mass is 9.81. The van der Waals surface area contributed by atoms with Crippen molar-refractivity contribution < 1.29 is 4.79 Å². The molecule has 1 aliphatic carbocycles. The van der Waals surface area contributed by atoms with Gasteiger partial charge in [-0.3, -0.25) is 4.79 Å². The summed E-state index contributed by atoms with van der Waals surface area (Å²) in [5.74, 6) is 0.928. The maximum Gasteiger partial charge on any atom is 0.164 e. The third-order valence-electron chi connectivity index (χ3n) is 2.87. The minimum atomic E-state index is 0.280. The zero-order valence-corrected chi connectivity index (χ0v) is 9.59. The lowest BCUT2D eigenvalue weighted by molar-refractivity contribution is 0.0936. The number of hydrogen-bond donors (Lipinski definition) is 0. The summed E-state index contributed by atoms with van der Waals surface area (Å²) in [6.45, 7) is 0. The molecule has 1 aliphatic rings. The first-order valence-corrected chi connectivity index (χ1v) is 5.84. The van der Waals surface area contributed by atoms with Crippen LogP contribution < -0.4 is 0 Å². The van der Waals surface area contributed by atoms with Crippen LogP contribution >= 0.6 is 15.9 Å². The van der Waals surface area contributed by atoms with E-state index >= 15 is 0 Å². The summed E-state index contributed by atoms with van der Waals surface area (Å²) in [5, 5.41) is 0. The monoisotopic (exact) mass is 252 g/mol. The second kappa shape index (κ2) is 4.26. The molecule has 2 heteroatoms. The van der Waals surface area contributed by atoms with E-state index in [-0.39, 0.29) is 5.78 Å². The van der Waals surface area contributed by atoms with Gasteiger partial charge in [-0.05, 0) is 12.0 Å². The first kappa shape index (κ1) is 9.91. The molecule has 0 amide bonds. The Morgan fingerprint density at radius 2 is 2.07 bits per heavy atom. The van der Waals surface area contributed by atoms with Crippen LogP contribution in [0, 0.1) is 5.92 Å². The van der Waals surface area contributed by atoms with Gasteiger partial charge in [0.25, 0.3) is 0 Å². The van der Waals surface area contributed by atoms with E-state index in [4.69, 9.17) is 0 Å². The summed E-state index contributed by atoms with van der Waals surface area (Å²) in [4.78, 5) is 11.8. The molecule has 0 N–H and O–H groups in total. The Morgan fingerprint density at radius 3 is 2.64 bits per heavy atom. The van der Waals surface area contributed by atoms with Crippen LogP contribution in [0.2, 0.25) is 0 Å². The van der Waals surface area contributed by atoms with Crippen molar-refractivity contribution in [3.8, 4) is 0 Å². The molecule has 0 aliphatic heterocycles. The van der Waals surface area contributed by atoms with Gasteiger partial charge >= 0.3 is 0 Å². The van der Waals surface area contributed by atoms with Crippen molar-refractivity contribution in [1.82, 2.24) is 0 Å². The van der Waals surface area contributed by atoms with E-state index in [2.05, 4.69) is 15.9 Å². The predicted octanol–water partition coefficient (Wildman–Crippen LogP) is 3.82. The molecule has 14 heavy (non-hydrogen) atoms. The third-order valence-corrected chi connectivity index (χ3v) is 3.56. The van der Waals surface area contributed by atoms with Gasteiger partial charge < -0.3 is 0 Å². The van der Waals surface area contributed by atoms with Crippen molar-refractivity contribution in [1.29, 1.82) is 0 Å². The maximum absolute atomic E-state index is 11.8. The fourth-order valence-corrected chi connectivity index (χ4v) is 2.26. The largest absolute Gasteiger partial charge is 0.294 e. The third kappa shape index (κ3) is 2.06. The predicted molar refractivity (Wildman–Crippen MR) is 60.4 cm³/mol. The van der Waals surface area contributed by atoms with Crippen molar-refractivity contribution in [3.05, 3.63) is 34.3 Å². The summed E-state index contributed by atoms with van der Waals surface area (Å²) in [6, 6.07) is 7.67. The number of Topliss-reactive ketones (excluding diaryl/α,β-unsaturated/α-hetero) is 1. The fraction of sp³-hybridized carbons (Fsp3) is 0.417. The van der Waals surface area contributed by atoms with Crippen LogP contribution in [-0.4, -0.2) is 5.78 Å². The second-order valence-electron chi connectivity index (χ2n) is 3.90. The number of benzene rings is 1. The normalized spacial score (nSPS) is 16.4. The van der Waals surface area contributed by atoms with Crippen molar-refractivity contribution in [2.75, 3.05) is 0 Å². The summed E-state index contributed by atoms with van der Waals surface area (Å²) in [7, 11) is 0. The molecule has 0 saturated heterocycles. The van der Waals surface area contributed by atoms with Gasteiger partial charge in [-0.2, -0.15) is 0 Å².